The van der Waals surface area contributed by atoms with E-state index in [0.717, 1.165) is 28.4 Å². The standard InChI is InChI=1S/C18H22ClNO/c1-4-20-14(3)15-9-10-18(13(2)11-15)21-12-16-7-5-6-8-17(16)19/h5-11,14,20H,4,12H2,1-3H3. The largest absolute Gasteiger partial charge is 0.489 e. The Morgan fingerprint density at radius 1 is 1.19 bits per heavy atom. The number of rotatable bonds is 6. The van der Waals surface area contributed by atoms with E-state index in [4.69, 9.17) is 16.3 Å². The van der Waals surface area contributed by atoms with Crippen molar-refractivity contribution in [3.05, 3.63) is 64.2 Å². The summed E-state index contributed by atoms with van der Waals surface area (Å²) in [5, 5.41) is 4.16. The van der Waals surface area contributed by atoms with Crippen molar-refractivity contribution in [2.24, 2.45) is 0 Å². The van der Waals surface area contributed by atoms with Gasteiger partial charge in [-0.15, -0.1) is 0 Å². The van der Waals surface area contributed by atoms with E-state index in [1.807, 2.05) is 30.3 Å². The molecule has 2 aromatic carbocycles. The zero-order chi connectivity index (χ0) is 15.2. The minimum atomic E-state index is 0.353. The topological polar surface area (TPSA) is 21.3 Å². The van der Waals surface area contributed by atoms with Crippen molar-refractivity contribution in [3.63, 3.8) is 0 Å². The SMILES string of the molecule is CCNC(C)c1ccc(OCc2ccccc2Cl)c(C)c1. The molecule has 21 heavy (non-hydrogen) atoms. The third-order valence-electron chi connectivity index (χ3n) is 3.55. The number of halogens is 1. The van der Waals surface area contributed by atoms with Crippen molar-refractivity contribution in [3.8, 4) is 5.75 Å². The number of ether oxygens (including phenoxy) is 1. The molecule has 0 radical (unpaired) electrons. The van der Waals surface area contributed by atoms with E-state index in [2.05, 4.69) is 38.2 Å². The molecule has 3 heteroatoms. The predicted octanol–water partition coefficient (Wildman–Crippen LogP) is 4.90. The van der Waals surface area contributed by atoms with E-state index in [1.54, 1.807) is 0 Å². The van der Waals surface area contributed by atoms with Crippen molar-refractivity contribution in [2.45, 2.75) is 33.4 Å². The smallest absolute Gasteiger partial charge is 0.122 e. The van der Waals surface area contributed by atoms with Crippen molar-refractivity contribution in [2.75, 3.05) is 6.54 Å². The molecule has 0 aliphatic rings. The predicted molar refractivity (Wildman–Crippen MR) is 89.1 cm³/mol. The van der Waals surface area contributed by atoms with E-state index in [9.17, 15) is 0 Å². The fraction of sp³-hybridized carbons (Fsp3) is 0.333. The molecule has 1 atom stereocenters. The summed E-state index contributed by atoms with van der Waals surface area (Å²) in [4.78, 5) is 0. The van der Waals surface area contributed by atoms with Crippen LogP contribution in [0.15, 0.2) is 42.5 Å². The van der Waals surface area contributed by atoms with Gasteiger partial charge in [0.25, 0.3) is 0 Å². The molecule has 0 saturated carbocycles. The molecule has 0 aliphatic heterocycles. The highest BCUT2D eigenvalue weighted by molar-refractivity contribution is 6.31. The molecule has 112 valence electrons. The van der Waals surface area contributed by atoms with Crippen molar-refractivity contribution in [1.29, 1.82) is 0 Å². The molecular weight excluding hydrogens is 282 g/mol. The zero-order valence-corrected chi connectivity index (χ0v) is 13.6. The first-order valence-electron chi connectivity index (χ1n) is 7.32. The molecule has 2 nitrogen and oxygen atoms in total. The van der Waals surface area contributed by atoms with Gasteiger partial charge < -0.3 is 10.1 Å². The average Bonchev–Trinajstić information content (AvgIpc) is 2.47. The summed E-state index contributed by atoms with van der Waals surface area (Å²) in [7, 11) is 0. The Labute approximate surface area is 132 Å². The van der Waals surface area contributed by atoms with Crippen molar-refractivity contribution < 1.29 is 4.74 Å². The third kappa shape index (κ3) is 4.23. The summed E-state index contributed by atoms with van der Waals surface area (Å²) in [6.45, 7) is 7.81. The van der Waals surface area contributed by atoms with E-state index in [1.165, 1.54) is 5.56 Å². The third-order valence-corrected chi connectivity index (χ3v) is 3.92. The molecule has 0 bridgehead atoms. The molecule has 0 aromatic heterocycles. The summed E-state index contributed by atoms with van der Waals surface area (Å²) < 4.78 is 5.89. The van der Waals surface area contributed by atoms with E-state index < -0.39 is 0 Å². The maximum Gasteiger partial charge on any atom is 0.122 e. The van der Waals surface area contributed by atoms with Gasteiger partial charge in [-0.25, -0.2) is 0 Å². The van der Waals surface area contributed by atoms with Crippen LogP contribution < -0.4 is 10.1 Å². The normalized spacial score (nSPS) is 12.2. The van der Waals surface area contributed by atoms with Crippen LogP contribution in [0.5, 0.6) is 5.75 Å². The van der Waals surface area contributed by atoms with Gasteiger partial charge in [-0.3, -0.25) is 0 Å². The van der Waals surface area contributed by atoms with Crippen LogP contribution in [-0.4, -0.2) is 6.54 Å². The first-order valence-corrected chi connectivity index (χ1v) is 7.69. The Balaban J connectivity index is 2.06. The summed E-state index contributed by atoms with van der Waals surface area (Å²) in [5.74, 6) is 0.905. The monoisotopic (exact) mass is 303 g/mol. The molecule has 1 N–H and O–H groups in total. The summed E-state index contributed by atoms with van der Waals surface area (Å²) in [6.07, 6.45) is 0. The van der Waals surface area contributed by atoms with Crippen LogP contribution in [0.2, 0.25) is 5.02 Å². The van der Waals surface area contributed by atoms with Gasteiger partial charge in [0, 0.05) is 16.6 Å². The van der Waals surface area contributed by atoms with Gasteiger partial charge in [-0.2, -0.15) is 0 Å². The van der Waals surface area contributed by atoms with Gasteiger partial charge in [0.2, 0.25) is 0 Å². The number of benzene rings is 2. The molecule has 2 aromatic rings. The quantitative estimate of drug-likeness (QED) is 0.819. The maximum atomic E-state index is 6.14. The molecule has 1 unspecified atom stereocenters. The summed E-state index contributed by atoms with van der Waals surface area (Å²) >= 11 is 6.14. The molecule has 0 fully saturated rings. The Morgan fingerprint density at radius 3 is 2.62 bits per heavy atom. The van der Waals surface area contributed by atoms with Gasteiger partial charge >= 0.3 is 0 Å². The van der Waals surface area contributed by atoms with Crippen molar-refractivity contribution >= 4 is 11.6 Å². The minimum Gasteiger partial charge on any atom is -0.489 e. The second kappa shape index (κ2) is 7.48. The first-order chi connectivity index (χ1) is 10.1. The van der Waals surface area contributed by atoms with E-state index in [0.29, 0.717) is 12.6 Å². The van der Waals surface area contributed by atoms with Crippen LogP contribution in [0, 0.1) is 6.92 Å². The number of hydrogen-bond acceptors (Lipinski definition) is 2. The lowest BCUT2D eigenvalue weighted by molar-refractivity contribution is 0.304. The van der Waals surface area contributed by atoms with Crippen LogP contribution in [0.4, 0.5) is 0 Å². The molecule has 0 amide bonds. The number of nitrogens with one attached hydrogen (secondary N) is 1. The summed E-state index contributed by atoms with van der Waals surface area (Å²) in [5.41, 5.74) is 3.42. The minimum absolute atomic E-state index is 0.353. The van der Waals surface area contributed by atoms with Crippen molar-refractivity contribution in [1.82, 2.24) is 5.32 Å². The average molecular weight is 304 g/mol. The summed E-state index contributed by atoms with van der Waals surface area (Å²) in [6, 6.07) is 14.4. The van der Waals surface area contributed by atoms with Gasteiger partial charge in [0.15, 0.2) is 0 Å². The zero-order valence-electron chi connectivity index (χ0n) is 12.8. The molecule has 0 heterocycles. The van der Waals surface area contributed by atoms with E-state index >= 15 is 0 Å². The fourth-order valence-corrected chi connectivity index (χ4v) is 2.49. The van der Waals surface area contributed by atoms with Gasteiger partial charge in [-0.1, -0.05) is 48.9 Å². The van der Waals surface area contributed by atoms with Crippen LogP contribution in [0.25, 0.3) is 0 Å². The second-order valence-electron chi connectivity index (χ2n) is 5.18. The van der Waals surface area contributed by atoms with E-state index in [-0.39, 0.29) is 0 Å². The van der Waals surface area contributed by atoms with Crippen LogP contribution in [0.3, 0.4) is 0 Å². The second-order valence-corrected chi connectivity index (χ2v) is 5.59. The highest BCUT2D eigenvalue weighted by Crippen LogP contribution is 2.24. The molecule has 0 spiro atoms. The van der Waals surface area contributed by atoms with Gasteiger partial charge in [-0.05, 0) is 43.7 Å². The molecule has 0 saturated heterocycles. The lowest BCUT2D eigenvalue weighted by Gasteiger charge is -2.16. The molecule has 2 rings (SSSR count). The van der Waals surface area contributed by atoms with Crippen LogP contribution >= 0.6 is 11.6 Å². The van der Waals surface area contributed by atoms with Gasteiger partial charge in [0.05, 0.1) is 0 Å². The van der Waals surface area contributed by atoms with Crippen LogP contribution in [0.1, 0.15) is 36.6 Å². The lowest BCUT2D eigenvalue weighted by atomic mass is 10.1. The van der Waals surface area contributed by atoms with Gasteiger partial charge in [0.1, 0.15) is 12.4 Å². The Hall–Kier alpha value is -1.51. The van der Waals surface area contributed by atoms with Crippen LogP contribution in [-0.2, 0) is 6.61 Å². The Kier molecular flexibility index (Phi) is 5.66. The Morgan fingerprint density at radius 2 is 1.95 bits per heavy atom. The fourth-order valence-electron chi connectivity index (χ4n) is 2.30. The number of hydrogen-bond donors (Lipinski definition) is 1. The highest BCUT2D eigenvalue weighted by atomic mass is 35.5. The lowest BCUT2D eigenvalue weighted by Crippen LogP contribution is -2.17. The molecular formula is C18H22ClNO. The first kappa shape index (κ1) is 15.9. The maximum absolute atomic E-state index is 6.14. The Bertz CT molecular complexity index is 598. The highest BCUT2D eigenvalue weighted by Gasteiger charge is 2.07. The molecule has 0 aliphatic carbocycles. The number of aryl methyl sites for hydroxylation is 1.